The van der Waals surface area contributed by atoms with E-state index >= 15 is 0 Å². The van der Waals surface area contributed by atoms with E-state index in [4.69, 9.17) is 10.5 Å². The molecule has 1 aromatic carbocycles. The second-order valence-electron chi connectivity index (χ2n) is 6.83. The van der Waals surface area contributed by atoms with Crippen LogP contribution in [0.1, 0.15) is 28.5 Å². The van der Waals surface area contributed by atoms with Crippen molar-refractivity contribution in [2.24, 2.45) is 0 Å². The molecule has 1 amide bonds. The first-order valence-electron chi connectivity index (χ1n) is 9.58. The van der Waals surface area contributed by atoms with Crippen molar-refractivity contribution in [1.82, 2.24) is 19.9 Å². The Morgan fingerprint density at radius 3 is 2.81 bits per heavy atom. The number of benzene rings is 1. The zero-order valence-corrected chi connectivity index (χ0v) is 17.4. The van der Waals surface area contributed by atoms with Crippen LogP contribution in [-0.2, 0) is 6.42 Å². The molecule has 160 valence electrons. The topological polar surface area (TPSA) is 130 Å². The molecule has 0 radical (unpaired) electrons. The molecule has 0 aliphatic heterocycles. The van der Waals surface area contributed by atoms with Gasteiger partial charge in [-0.3, -0.25) is 4.79 Å². The summed E-state index contributed by atoms with van der Waals surface area (Å²) in [7, 11) is 3.24. The number of rotatable bonds is 7. The van der Waals surface area contributed by atoms with Crippen molar-refractivity contribution in [2.45, 2.75) is 13.3 Å². The summed E-state index contributed by atoms with van der Waals surface area (Å²) in [5.41, 5.74) is 7.13. The van der Waals surface area contributed by atoms with Crippen molar-refractivity contribution in [1.29, 1.82) is 5.26 Å². The molecular formula is C21H22FN7O2. The molecular weight excluding hydrogens is 401 g/mol. The van der Waals surface area contributed by atoms with E-state index < -0.39 is 5.82 Å². The van der Waals surface area contributed by atoms with Crippen LogP contribution in [0.4, 0.5) is 16.0 Å². The molecule has 0 aliphatic carbocycles. The van der Waals surface area contributed by atoms with Gasteiger partial charge in [-0.05, 0) is 25.1 Å². The van der Waals surface area contributed by atoms with Crippen molar-refractivity contribution < 1.29 is 13.9 Å². The van der Waals surface area contributed by atoms with Crippen molar-refractivity contribution >= 4 is 28.4 Å². The number of hydrogen-bond donors (Lipinski definition) is 2. The Labute approximate surface area is 178 Å². The number of halogens is 1. The molecule has 0 spiro atoms. The van der Waals surface area contributed by atoms with Crippen molar-refractivity contribution in [2.75, 3.05) is 38.3 Å². The van der Waals surface area contributed by atoms with Crippen molar-refractivity contribution in [3.63, 3.8) is 0 Å². The van der Waals surface area contributed by atoms with Crippen LogP contribution in [0.25, 0.3) is 10.9 Å². The highest BCUT2D eigenvalue weighted by atomic mass is 19.1. The summed E-state index contributed by atoms with van der Waals surface area (Å²) < 4.78 is 19.7. The molecule has 2 aromatic heterocycles. The number of amides is 1. The lowest BCUT2D eigenvalue weighted by molar-refractivity contribution is 0.0825. The third kappa shape index (κ3) is 4.45. The lowest BCUT2D eigenvalue weighted by atomic mass is 10.0. The molecule has 0 atom stereocenters. The lowest BCUT2D eigenvalue weighted by Crippen LogP contribution is -2.24. The van der Waals surface area contributed by atoms with Crippen LogP contribution in [0.15, 0.2) is 24.5 Å². The highest BCUT2D eigenvalue weighted by Crippen LogP contribution is 2.32. The number of pyridine rings is 1. The molecule has 0 aliphatic rings. The van der Waals surface area contributed by atoms with E-state index in [0.29, 0.717) is 47.7 Å². The van der Waals surface area contributed by atoms with Crippen molar-refractivity contribution in [3.8, 4) is 11.8 Å². The van der Waals surface area contributed by atoms with Gasteiger partial charge in [0.25, 0.3) is 5.91 Å². The predicted octanol–water partition coefficient (Wildman–Crippen LogP) is 2.37. The summed E-state index contributed by atoms with van der Waals surface area (Å²) in [4.78, 5) is 26.8. The molecule has 0 fully saturated rings. The van der Waals surface area contributed by atoms with E-state index in [1.165, 1.54) is 29.4 Å². The molecule has 3 rings (SSSR count). The Hall–Kier alpha value is -4.00. The molecule has 0 saturated carbocycles. The number of nitrogens with two attached hydrogens (primary N) is 1. The van der Waals surface area contributed by atoms with Gasteiger partial charge in [0.2, 0.25) is 0 Å². The molecule has 3 N–H and O–H groups in total. The Morgan fingerprint density at radius 2 is 2.13 bits per heavy atom. The van der Waals surface area contributed by atoms with Gasteiger partial charge in [-0.2, -0.15) is 5.26 Å². The summed E-state index contributed by atoms with van der Waals surface area (Å²) in [6, 6.07) is 6.08. The summed E-state index contributed by atoms with van der Waals surface area (Å²) >= 11 is 0. The van der Waals surface area contributed by atoms with Gasteiger partial charge in [0, 0.05) is 32.4 Å². The molecule has 0 bridgehead atoms. The molecule has 9 nitrogen and oxygen atoms in total. The smallest absolute Gasteiger partial charge is 0.257 e. The first-order chi connectivity index (χ1) is 14.9. The summed E-state index contributed by atoms with van der Waals surface area (Å²) in [5.74, 6) is -0.0840. The van der Waals surface area contributed by atoms with Gasteiger partial charge in [-0.25, -0.2) is 19.3 Å². The maximum absolute atomic E-state index is 13.9. The van der Waals surface area contributed by atoms with Gasteiger partial charge in [-0.1, -0.05) is 0 Å². The first-order valence-corrected chi connectivity index (χ1v) is 9.58. The number of carbonyl (C=O) groups is 1. The maximum Gasteiger partial charge on any atom is 0.257 e. The van der Waals surface area contributed by atoms with Crippen LogP contribution in [0.2, 0.25) is 0 Å². The van der Waals surface area contributed by atoms with E-state index in [0.717, 1.165) is 0 Å². The number of anilines is 2. The number of hydrogen-bond acceptors (Lipinski definition) is 8. The Bertz CT molecular complexity index is 1170. The quantitative estimate of drug-likeness (QED) is 0.592. The molecule has 10 heteroatoms. The fourth-order valence-electron chi connectivity index (χ4n) is 3.12. The second kappa shape index (κ2) is 9.21. The highest BCUT2D eigenvalue weighted by Gasteiger charge is 2.23. The zero-order chi connectivity index (χ0) is 22.5. The number of fused-ring (bicyclic) bond motifs is 1. The second-order valence-corrected chi connectivity index (χ2v) is 6.83. The van der Waals surface area contributed by atoms with Crippen LogP contribution in [-0.4, -0.2) is 53.0 Å². The minimum absolute atomic E-state index is 0.0831. The van der Waals surface area contributed by atoms with Gasteiger partial charge < -0.3 is 20.7 Å². The minimum atomic E-state index is -0.468. The van der Waals surface area contributed by atoms with E-state index in [-0.39, 0.29) is 22.9 Å². The van der Waals surface area contributed by atoms with E-state index in [1.807, 2.05) is 6.07 Å². The Balaban J connectivity index is 2.03. The van der Waals surface area contributed by atoms with Gasteiger partial charge in [0.1, 0.15) is 35.4 Å². The van der Waals surface area contributed by atoms with Crippen LogP contribution in [0.5, 0.6) is 5.75 Å². The maximum atomic E-state index is 13.9. The molecule has 0 unspecified atom stereocenters. The van der Waals surface area contributed by atoms with Crippen LogP contribution >= 0.6 is 0 Å². The fourth-order valence-corrected chi connectivity index (χ4v) is 3.12. The average Bonchev–Trinajstić information content (AvgIpc) is 2.74. The van der Waals surface area contributed by atoms with Gasteiger partial charge >= 0.3 is 0 Å². The van der Waals surface area contributed by atoms with Gasteiger partial charge in [-0.15, -0.1) is 0 Å². The fraction of sp³-hybridized carbons (Fsp3) is 0.286. The number of nitriles is 1. The summed E-state index contributed by atoms with van der Waals surface area (Å²) in [6.07, 6.45) is 1.62. The minimum Gasteiger partial charge on any atom is -0.491 e. The molecule has 2 heterocycles. The monoisotopic (exact) mass is 423 g/mol. The summed E-state index contributed by atoms with van der Waals surface area (Å²) in [6.45, 7) is 2.43. The largest absolute Gasteiger partial charge is 0.491 e. The number of carbonyl (C=O) groups excluding carboxylic acids is 1. The molecule has 3 aromatic rings. The van der Waals surface area contributed by atoms with Crippen LogP contribution in [0.3, 0.4) is 0 Å². The van der Waals surface area contributed by atoms with E-state index in [9.17, 15) is 14.4 Å². The van der Waals surface area contributed by atoms with Gasteiger partial charge in [0.05, 0.1) is 23.4 Å². The van der Waals surface area contributed by atoms with E-state index in [1.54, 1.807) is 21.0 Å². The Kier molecular flexibility index (Phi) is 6.45. The van der Waals surface area contributed by atoms with Crippen LogP contribution < -0.4 is 15.8 Å². The third-order valence-corrected chi connectivity index (χ3v) is 4.52. The van der Waals surface area contributed by atoms with E-state index in [2.05, 4.69) is 20.3 Å². The number of ether oxygens (including phenoxy) is 1. The molecule has 31 heavy (non-hydrogen) atoms. The average molecular weight is 423 g/mol. The highest BCUT2D eigenvalue weighted by molar-refractivity contribution is 6.08. The van der Waals surface area contributed by atoms with Crippen LogP contribution in [0, 0.1) is 17.1 Å². The first kappa shape index (κ1) is 21.7. The zero-order valence-electron chi connectivity index (χ0n) is 17.4. The standard InChI is InChI=1S/C21H22FN7O2/c1-4-31-18-16(7-8-25-20-14(10-23)19(24)26-11-27-20)28-15-6-5-12(22)9-13(15)17(18)21(30)29(2)3/h5-6,9,11H,4,7-8H2,1-3H3,(H3,24,25,26,27). The number of nitrogens with one attached hydrogen (secondary N) is 1. The Morgan fingerprint density at radius 1 is 1.35 bits per heavy atom. The van der Waals surface area contributed by atoms with Crippen molar-refractivity contribution in [3.05, 3.63) is 47.2 Å². The number of nitrogen functional groups attached to an aromatic ring is 1. The van der Waals surface area contributed by atoms with Gasteiger partial charge in [0.15, 0.2) is 5.75 Å². The number of aromatic nitrogens is 3. The third-order valence-electron chi connectivity index (χ3n) is 4.52. The normalized spacial score (nSPS) is 10.5. The number of nitrogens with zero attached hydrogens (tertiary/aromatic N) is 5. The summed E-state index contributed by atoms with van der Waals surface area (Å²) in [5, 5.41) is 12.7. The lowest BCUT2D eigenvalue weighted by Gasteiger charge is -2.19. The SMILES string of the molecule is CCOc1c(CCNc2ncnc(N)c2C#N)nc2ccc(F)cc2c1C(=O)N(C)C. The predicted molar refractivity (Wildman–Crippen MR) is 114 cm³/mol. The molecule has 0 saturated heterocycles.